The van der Waals surface area contributed by atoms with Gasteiger partial charge in [0.05, 0.1) is 5.69 Å². The van der Waals surface area contributed by atoms with Gasteiger partial charge in [-0.15, -0.1) is 0 Å². The predicted molar refractivity (Wildman–Crippen MR) is 185 cm³/mol. The summed E-state index contributed by atoms with van der Waals surface area (Å²) in [6, 6.07) is 11.2. The molecule has 3 fully saturated rings. The Balaban J connectivity index is 1.27. The van der Waals surface area contributed by atoms with Crippen molar-refractivity contribution in [3.05, 3.63) is 65.9 Å². The fourth-order valence-electron chi connectivity index (χ4n) is 7.67. The minimum absolute atomic E-state index is 0.179. The molecule has 4 aliphatic rings. The fraction of sp³-hybridized carbons (Fsp3) is 0.526. The van der Waals surface area contributed by atoms with E-state index in [1.807, 2.05) is 49.4 Å². The summed E-state index contributed by atoms with van der Waals surface area (Å²) in [4.78, 5) is 75.7. The molecule has 3 aliphatic heterocycles. The van der Waals surface area contributed by atoms with Crippen LogP contribution in [0.4, 0.5) is 4.79 Å². The second-order valence-electron chi connectivity index (χ2n) is 15.2. The van der Waals surface area contributed by atoms with E-state index in [-0.39, 0.29) is 42.9 Å². The maximum atomic E-state index is 14.3. The fourth-order valence-corrected chi connectivity index (χ4v) is 7.67. The van der Waals surface area contributed by atoms with Crippen molar-refractivity contribution < 1.29 is 33.8 Å². The van der Waals surface area contributed by atoms with Gasteiger partial charge in [-0.2, -0.15) is 0 Å². The number of hydrogen-bond donors (Lipinski definition) is 3. The number of rotatable bonds is 4. The third-order valence-electron chi connectivity index (χ3n) is 10.2. The van der Waals surface area contributed by atoms with E-state index in [1.165, 1.54) is 4.90 Å². The lowest BCUT2D eigenvalue weighted by atomic mass is 9.93. The third-order valence-corrected chi connectivity index (χ3v) is 10.2. The molecule has 0 unspecified atom stereocenters. The average Bonchev–Trinajstić information content (AvgIpc) is 3.41. The molecule has 12 heteroatoms. The topological polar surface area (TPSA) is 158 Å². The lowest BCUT2D eigenvalue weighted by molar-refractivity contribution is -0.146. The van der Waals surface area contributed by atoms with E-state index >= 15 is 0 Å². The van der Waals surface area contributed by atoms with Gasteiger partial charge in [0.1, 0.15) is 28.9 Å². The van der Waals surface area contributed by atoms with Crippen molar-refractivity contribution in [3.8, 4) is 11.3 Å². The van der Waals surface area contributed by atoms with Gasteiger partial charge >= 0.3 is 12.1 Å². The molecule has 3 N–H and O–H groups in total. The Labute approximate surface area is 292 Å². The van der Waals surface area contributed by atoms with Crippen molar-refractivity contribution in [2.45, 2.75) is 89.4 Å². The second-order valence-corrected chi connectivity index (χ2v) is 15.2. The van der Waals surface area contributed by atoms with Gasteiger partial charge in [-0.25, -0.2) is 14.6 Å². The molecule has 2 aromatic rings. The molecule has 1 saturated carbocycles. The number of aromatic nitrogens is 1. The number of carbonyl (C=O) groups excluding carboxylic acids is 4. The number of amides is 4. The Morgan fingerprint density at radius 1 is 1.04 bits per heavy atom. The molecule has 12 nitrogen and oxygen atoms in total. The number of nitrogens with one attached hydrogen (secondary N) is 2. The summed E-state index contributed by atoms with van der Waals surface area (Å²) in [5.74, 6) is -3.42. The van der Waals surface area contributed by atoms with Crippen molar-refractivity contribution in [2.24, 2.45) is 17.8 Å². The van der Waals surface area contributed by atoms with Crippen LogP contribution in [0.3, 0.4) is 0 Å². The molecule has 1 aromatic carbocycles. The largest absolute Gasteiger partial charge is 0.479 e. The highest BCUT2D eigenvalue weighted by atomic mass is 16.6. The van der Waals surface area contributed by atoms with Crippen molar-refractivity contribution in [3.63, 3.8) is 0 Å². The molecular formula is C38H47N5O7. The zero-order valence-corrected chi connectivity index (χ0v) is 29.2. The molecule has 2 saturated heterocycles. The monoisotopic (exact) mass is 685 g/mol. The van der Waals surface area contributed by atoms with Gasteiger partial charge in [-0.1, -0.05) is 54.8 Å². The molecule has 266 valence electrons. The van der Waals surface area contributed by atoms with Gasteiger partial charge in [0.2, 0.25) is 11.8 Å². The highest BCUT2D eigenvalue weighted by Gasteiger charge is 2.62. The van der Waals surface area contributed by atoms with Gasteiger partial charge in [-0.3, -0.25) is 14.4 Å². The first kappa shape index (κ1) is 35.1. The molecule has 1 aromatic heterocycles. The van der Waals surface area contributed by atoms with Crippen molar-refractivity contribution in [2.75, 3.05) is 19.6 Å². The maximum absolute atomic E-state index is 14.3. The van der Waals surface area contributed by atoms with E-state index in [0.717, 1.165) is 30.4 Å². The van der Waals surface area contributed by atoms with E-state index in [1.54, 1.807) is 37.8 Å². The smallest absolute Gasteiger partial charge is 0.408 e. The number of benzene rings is 1. The molecule has 4 amide bonds. The minimum Gasteiger partial charge on any atom is -0.479 e. The van der Waals surface area contributed by atoms with Crippen molar-refractivity contribution >= 4 is 29.8 Å². The van der Waals surface area contributed by atoms with E-state index in [2.05, 4.69) is 15.6 Å². The van der Waals surface area contributed by atoms with Crippen LogP contribution in [0.25, 0.3) is 11.3 Å². The summed E-state index contributed by atoms with van der Waals surface area (Å²) in [6.45, 7) is 7.88. The van der Waals surface area contributed by atoms with E-state index in [4.69, 9.17) is 4.74 Å². The summed E-state index contributed by atoms with van der Waals surface area (Å²) in [5.41, 5.74) is 0.696. The number of alkyl carbamates (subject to hydrolysis) is 1. The lowest BCUT2D eigenvalue weighted by Gasteiger charge is -2.33. The van der Waals surface area contributed by atoms with E-state index in [0.29, 0.717) is 25.1 Å². The molecule has 6 rings (SSSR count). The summed E-state index contributed by atoms with van der Waals surface area (Å²) < 4.78 is 5.48. The number of allylic oxidation sites excluding steroid dienone is 1. The Morgan fingerprint density at radius 2 is 1.82 bits per heavy atom. The highest BCUT2D eigenvalue weighted by Crippen LogP contribution is 2.46. The molecule has 50 heavy (non-hydrogen) atoms. The second kappa shape index (κ2) is 13.9. The van der Waals surface area contributed by atoms with Crippen LogP contribution in [0.5, 0.6) is 0 Å². The van der Waals surface area contributed by atoms with Crippen LogP contribution < -0.4 is 10.6 Å². The molecule has 0 radical (unpaired) electrons. The first-order valence-corrected chi connectivity index (χ1v) is 17.6. The van der Waals surface area contributed by atoms with Crippen molar-refractivity contribution in [1.82, 2.24) is 25.4 Å². The van der Waals surface area contributed by atoms with Gasteiger partial charge in [0, 0.05) is 43.0 Å². The number of carboxylic acid groups (broad SMARTS) is 1. The van der Waals surface area contributed by atoms with Crippen LogP contribution in [0.1, 0.15) is 75.3 Å². The maximum Gasteiger partial charge on any atom is 0.408 e. The summed E-state index contributed by atoms with van der Waals surface area (Å²) in [7, 11) is 0. The highest BCUT2D eigenvalue weighted by molar-refractivity contribution is 5.97. The first-order chi connectivity index (χ1) is 23.8. The molecular weight excluding hydrogens is 638 g/mol. The summed E-state index contributed by atoms with van der Waals surface area (Å²) >= 11 is 0. The summed E-state index contributed by atoms with van der Waals surface area (Å²) in [6.07, 6.45) is 6.78. The normalized spacial score (nSPS) is 29.0. The van der Waals surface area contributed by atoms with E-state index < -0.39 is 53.0 Å². The Morgan fingerprint density at radius 3 is 2.56 bits per heavy atom. The van der Waals surface area contributed by atoms with Gasteiger partial charge < -0.3 is 30.3 Å². The number of aliphatic carboxylic acids is 1. The number of carbonyl (C=O) groups is 5. The predicted octanol–water partition coefficient (Wildman–Crippen LogP) is 4.33. The van der Waals surface area contributed by atoms with Crippen LogP contribution in [-0.2, 0) is 19.1 Å². The standard InChI is InChI=1S/C38H47N5O7/c1-23-12-10-13-24(18-23)28-16-11-17-29(39-28)33(45)42-20-25-21-43-31(27(25)22-42)32(44)41-38(35(47)48)19-26(38)14-8-6-5-7-9-15-30(34(43)46)40-36(49)50-37(2,3)4/h8,10-14,16-18,25-27,30-31H,5-7,9,15,19-22H2,1-4H3,(H,40,49)(H,41,44)(H,47,48)/b14-8-/t25-,26+,27-,30+,31-,38+/m0/s1. The molecule has 0 bridgehead atoms. The molecule has 4 heterocycles. The molecule has 1 aliphatic carbocycles. The van der Waals surface area contributed by atoms with Crippen LogP contribution in [0, 0.1) is 24.7 Å². The summed E-state index contributed by atoms with van der Waals surface area (Å²) in [5, 5.41) is 15.8. The zero-order valence-electron chi connectivity index (χ0n) is 29.2. The average molecular weight is 686 g/mol. The number of pyridine rings is 1. The Bertz CT molecular complexity index is 1700. The van der Waals surface area contributed by atoms with E-state index in [9.17, 15) is 29.1 Å². The van der Waals surface area contributed by atoms with Crippen LogP contribution in [-0.4, -0.2) is 92.5 Å². The molecule has 0 spiro atoms. The van der Waals surface area contributed by atoms with Gasteiger partial charge in [0.15, 0.2) is 0 Å². The third kappa shape index (κ3) is 7.39. The van der Waals surface area contributed by atoms with Gasteiger partial charge in [0.25, 0.3) is 5.91 Å². The number of hydrogen-bond acceptors (Lipinski definition) is 7. The number of aryl methyl sites for hydroxylation is 1. The van der Waals surface area contributed by atoms with Crippen LogP contribution in [0.2, 0.25) is 0 Å². The first-order valence-electron chi connectivity index (χ1n) is 17.6. The number of carboxylic acids is 1. The number of likely N-dealkylation sites (tertiary alicyclic amines) is 1. The van der Waals surface area contributed by atoms with Crippen molar-refractivity contribution in [1.29, 1.82) is 0 Å². The quantitative estimate of drug-likeness (QED) is 0.402. The van der Waals surface area contributed by atoms with Crippen LogP contribution >= 0.6 is 0 Å². The SMILES string of the molecule is Cc1cccc(-c2cccc(C(=O)N3C[C@H]4CN5C(=O)[C@H](NC(=O)OC(C)(C)C)CCCCC/C=C\[C@@H]6C[C@@]6(C(=O)O)NC(=O)[C@@H]5[C@H]4C3)n2)c1. The minimum atomic E-state index is -1.46. The Hall–Kier alpha value is -4.74. The number of nitrogens with zero attached hydrogens (tertiary/aromatic N) is 3. The van der Waals surface area contributed by atoms with Crippen LogP contribution in [0.15, 0.2) is 54.6 Å². The lowest BCUT2D eigenvalue weighted by Crippen LogP contribution is -2.58. The van der Waals surface area contributed by atoms with Gasteiger partial charge in [-0.05, 0) is 71.6 Å². The zero-order chi connectivity index (χ0) is 35.8. The molecule has 6 atom stereocenters. The number of fused-ring (bicyclic) bond motifs is 4. The number of ether oxygens (including phenoxy) is 1. The Kier molecular flexibility index (Phi) is 9.74.